The Bertz CT molecular complexity index is 385. The van der Waals surface area contributed by atoms with Crippen LogP contribution >= 0.6 is 11.3 Å². The predicted octanol–water partition coefficient (Wildman–Crippen LogP) is 2.27. The van der Waals surface area contributed by atoms with E-state index < -0.39 is 5.79 Å². The third kappa shape index (κ3) is 3.54. The Hall–Kier alpha value is -0.910. The van der Waals surface area contributed by atoms with Gasteiger partial charge < -0.3 is 14.8 Å². The van der Waals surface area contributed by atoms with Gasteiger partial charge in [0.1, 0.15) is 0 Å². The second-order valence-electron chi connectivity index (χ2n) is 4.83. The van der Waals surface area contributed by atoms with E-state index in [0.717, 1.165) is 11.3 Å². The Morgan fingerprint density at radius 2 is 2.28 bits per heavy atom. The molecule has 0 unspecified atom stereocenters. The molecule has 2 rings (SSSR count). The minimum atomic E-state index is -0.479. The highest BCUT2D eigenvalue weighted by Crippen LogP contribution is 2.26. The minimum absolute atomic E-state index is 0.00439. The van der Waals surface area contributed by atoms with Gasteiger partial charge in [0.2, 0.25) is 0 Å². The molecule has 1 aromatic rings. The summed E-state index contributed by atoms with van der Waals surface area (Å²) >= 11 is 1.45. The fourth-order valence-corrected chi connectivity index (χ4v) is 2.78. The molecule has 1 N–H and O–H groups in total. The van der Waals surface area contributed by atoms with Crippen LogP contribution in [0.25, 0.3) is 0 Å². The number of ether oxygens (including phenoxy) is 2. The highest BCUT2D eigenvalue weighted by atomic mass is 32.1. The van der Waals surface area contributed by atoms with Gasteiger partial charge in [-0.1, -0.05) is 13.0 Å². The molecule has 0 spiro atoms. The lowest BCUT2D eigenvalue weighted by Gasteiger charge is -2.25. The zero-order chi connectivity index (χ0) is 13.0. The lowest BCUT2D eigenvalue weighted by Crippen LogP contribution is -2.34. The van der Waals surface area contributed by atoms with Crippen LogP contribution in [0.15, 0.2) is 17.5 Å². The molecular formula is C13H19NO3S. The fraction of sp³-hybridized carbons (Fsp3) is 0.615. The Morgan fingerprint density at radius 3 is 2.89 bits per heavy atom. The number of hydrogen-bond donors (Lipinski definition) is 1. The van der Waals surface area contributed by atoms with Crippen LogP contribution in [0.1, 0.15) is 29.9 Å². The Kier molecular flexibility index (Phi) is 4.37. The van der Waals surface area contributed by atoms with Crippen LogP contribution in [-0.4, -0.2) is 31.5 Å². The first-order valence-corrected chi connectivity index (χ1v) is 7.07. The molecular weight excluding hydrogens is 250 g/mol. The van der Waals surface area contributed by atoms with Crippen molar-refractivity contribution < 1.29 is 14.3 Å². The van der Waals surface area contributed by atoms with Crippen molar-refractivity contribution in [3.63, 3.8) is 0 Å². The van der Waals surface area contributed by atoms with Crippen LogP contribution in [0.5, 0.6) is 0 Å². The number of carbonyl (C=O) groups is 1. The van der Waals surface area contributed by atoms with Gasteiger partial charge in [0.25, 0.3) is 5.91 Å². The average molecular weight is 269 g/mol. The first-order chi connectivity index (χ1) is 8.59. The number of carbonyl (C=O) groups excluding carboxylic acids is 1. The van der Waals surface area contributed by atoms with E-state index in [9.17, 15) is 4.79 Å². The van der Waals surface area contributed by atoms with E-state index in [1.165, 1.54) is 11.3 Å². The van der Waals surface area contributed by atoms with E-state index in [2.05, 4.69) is 12.2 Å². The van der Waals surface area contributed by atoms with Crippen molar-refractivity contribution in [1.82, 2.24) is 5.32 Å². The minimum Gasteiger partial charge on any atom is -0.351 e. The third-order valence-corrected chi connectivity index (χ3v) is 3.84. The monoisotopic (exact) mass is 269 g/mol. The number of rotatable bonds is 5. The number of thiophene rings is 1. The maximum Gasteiger partial charge on any atom is 0.261 e. The molecule has 5 heteroatoms. The van der Waals surface area contributed by atoms with Crippen molar-refractivity contribution >= 4 is 17.2 Å². The van der Waals surface area contributed by atoms with Crippen LogP contribution in [0, 0.1) is 5.92 Å². The van der Waals surface area contributed by atoms with Crippen molar-refractivity contribution in [2.75, 3.05) is 19.8 Å². The molecule has 1 aliphatic rings. The van der Waals surface area contributed by atoms with Gasteiger partial charge in [-0.25, -0.2) is 0 Å². The van der Waals surface area contributed by atoms with E-state index in [1.807, 2.05) is 24.4 Å². The molecule has 0 aliphatic carbocycles. The topological polar surface area (TPSA) is 47.6 Å². The molecule has 2 heterocycles. The summed E-state index contributed by atoms with van der Waals surface area (Å²) in [6, 6.07) is 3.71. The third-order valence-electron chi connectivity index (χ3n) is 2.97. The van der Waals surface area contributed by atoms with Crippen molar-refractivity contribution in [2.45, 2.75) is 26.1 Å². The second kappa shape index (κ2) is 5.82. The summed E-state index contributed by atoms with van der Waals surface area (Å²) in [6.45, 7) is 6.00. The van der Waals surface area contributed by atoms with Gasteiger partial charge in [0.05, 0.1) is 18.1 Å². The van der Waals surface area contributed by atoms with Crippen molar-refractivity contribution in [1.29, 1.82) is 0 Å². The quantitative estimate of drug-likeness (QED) is 0.892. The molecule has 1 atom stereocenters. The van der Waals surface area contributed by atoms with Gasteiger partial charge in [0.15, 0.2) is 5.79 Å². The van der Waals surface area contributed by atoms with Crippen LogP contribution in [-0.2, 0) is 9.47 Å². The molecule has 1 amide bonds. The van der Waals surface area contributed by atoms with E-state index in [1.54, 1.807) is 0 Å². The van der Waals surface area contributed by atoms with Gasteiger partial charge in [-0.2, -0.15) is 0 Å². The maximum absolute atomic E-state index is 11.8. The van der Waals surface area contributed by atoms with Crippen molar-refractivity contribution in [2.24, 2.45) is 5.92 Å². The van der Waals surface area contributed by atoms with E-state index in [4.69, 9.17) is 9.47 Å². The number of nitrogens with one attached hydrogen (secondary N) is 1. The van der Waals surface area contributed by atoms with Crippen LogP contribution in [0.2, 0.25) is 0 Å². The lowest BCUT2D eigenvalue weighted by molar-refractivity contribution is -0.153. The van der Waals surface area contributed by atoms with Gasteiger partial charge in [0, 0.05) is 13.0 Å². The SMILES string of the molecule is C[C@@H](CNC(=O)c1cccs1)CC1(C)OCCO1. The zero-order valence-electron chi connectivity index (χ0n) is 10.8. The Balaban J connectivity index is 1.74. The zero-order valence-corrected chi connectivity index (χ0v) is 11.6. The molecule has 100 valence electrons. The van der Waals surface area contributed by atoms with Crippen molar-refractivity contribution in [3.8, 4) is 0 Å². The van der Waals surface area contributed by atoms with Gasteiger partial charge in [-0.15, -0.1) is 11.3 Å². The standard InChI is InChI=1S/C13H19NO3S/c1-10(8-13(2)16-5-6-17-13)9-14-12(15)11-4-3-7-18-11/h3-4,7,10H,5-6,8-9H2,1-2H3,(H,14,15)/t10-/m1/s1. The second-order valence-corrected chi connectivity index (χ2v) is 5.78. The maximum atomic E-state index is 11.8. The van der Waals surface area contributed by atoms with E-state index in [-0.39, 0.29) is 5.91 Å². The normalized spacial score (nSPS) is 19.7. The smallest absolute Gasteiger partial charge is 0.261 e. The number of amides is 1. The van der Waals surface area contributed by atoms with Crippen molar-refractivity contribution in [3.05, 3.63) is 22.4 Å². The van der Waals surface area contributed by atoms with Crippen LogP contribution in [0.3, 0.4) is 0 Å². The van der Waals surface area contributed by atoms with Gasteiger partial charge in [-0.05, 0) is 24.3 Å². The summed E-state index contributed by atoms with van der Waals surface area (Å²) in [7, 11) is 0. The molecule has 0 saturated carbocycles. The highest BCUT2D eigenvalue weighted by molar-refractivity contribution is 7.12. The molecule has 1 aliphatic heterocycles. The molecule has 0 bridgehead atoms. The fourth-order valence-electron chi connectivity index (χ4n) is 2.14. The highest BCUT2D eigenvalue weighted by Gasteiger charge is 2.32. The summed E-state index contributed by atoms with van der Waals surface area (Å²) in [6.07, 6.45) is 0.789. The summed E-state index contributed by atoms with van der Waals surface area (Å²) < 4.78 is 11.1. The molecule has 18 heavy (non-hydrogen) atoms. The Morgan fingerprint density at radius 1 is 1.56 bits per heavy atom. The molecule has 1 fully saturated rings. The first-order valence-electron chi connectivity index (χ1n) is 6.19. The van der Waals surface area contributed by atoms with Crippen LogP contribution < -0.4 is 5.32 Å². The molecule has 1 aromatic heterocycles. The predicted molar refractivity (Wildman–Crippen MR) is 70.7 cm³/mol. The van der Waals surface area contributed by atoms with Gasteiger partial charge in [-0.3, -0.25) is 4.79 Å². The lowest BCUT2D eigenvalue weighted by atomic mass is 10.0. The average Bonchev–Trinajstić information content (AvgIpc) is 2.97. The summed E-state index contributed by atoms with van der Waals surface area (Å²) in [5, 5.41) is 4.84. The number of hydrogen-bond acceptors (Lipinski definition) is 4. The molecule has 1 saturated heterocycles. The molecule has 4 nitrogen and oxygen atoms in total. The van der Waals surface area contributed by atoms with E-state index >= 15 is 0 Å². The largest absolute Gasteiger partial charge is 0.351 e. The first kappa shape index (κ1) is 13.5. The molecule has 0 radical (unpaired) electrons. The van der Waals surface area contributed by atoms with Gasteiger partial charge >= 0.3 is 0 Å². The Labute approximate surface area is 111 Å². The summed E-state index contributed by atoms with van der Waals surface area (Å²) in [5.74, 6) is -0.167. The van der Waals surface area contributed by atoms with Crippen LogP contribution in [0.4, 0.5) is 0 Å². The summed E-state index contributed by atoms with van der Waals surface area (Å²) in [4.78, 5) is 12.5. The molecule has 0 aromatic carbocycles. The van der Waals surface area contributed by atoms with E-state index in [0.29, 0.717) is 25.7 Å². The summed E-state index contributed by atoms with van der Waals surface area (Å²) in [5.41, 5.74) is 0.